The smallest absolute Gasteiger partial charge is 0.133 e. The molecule has 1 fully saturated rings. The van der Waals surface area contributed by atoms with E-state index in [-0.39, 0.29) is 11.0 Å². The minimum absolute atomic E-state index is 0.0990. The van der Waals surface area contributed by atoms with Gasteiger partial charge in [-0.25, -0.2) is 0 Å². The van der Waals surface area contributed by atoms with Gasteiger partial charge in [-0.3, -0.25) is 4.79 Å². The van der Waals surface area contributed by atoms with Gasteiger partial charge in [0.15, 0.2) is 0 Å². The zero-order valence-electron chi connectivity index (χ0n) is 6.80. The van der Waals surface area contributed by atoms with Crippen LogP contribution in [0.5, 0.6) is 0 Å². The summed E-state index contributed by atoms with van der Waals surface area (Å²) in [4.78, 5) is 10.5. The van der Waals surface area contributed by atoms with E-state index in [1.807, 2.05) is 0 Å². The van der Waals surface area contributed by atoms with Crippen LogP contribution in [0.25, 0.3) is 0 Å². The quantitative estimate of drug-likeness (QED) is 0.507. The first-order valence-electron chi connectivity index (χ1n) is 3.88. The first kappa shape index (κ1) is 9.92. The van der Waals surface area contributed by atoms with Gasteiger partial charge in [0.25, 0.3) is 0 Å². The number of carbonyl (C=O) groups is 1. The molecule has 0 aromatic heterocycles. The Bertz CT molecular complexity index is 169. The Morgan fingerprint density at radius 2 is 2.25 bits per heavy atom. The highest BCUT2D eigenvalue weighted by atomic mass is 32.2. The summed E-state index contributed by atoms with van der Waals surface area (Å²) in [6.07, 6.45) is 1.88. The van der Waals surface area contributed by atoms with Crippen molar-refractivity contribution < 1.29 is 13.8 Å². The summed E-state index contributed by atoms with van der Waals surface area (Å²) in [5, 5.41) is -0.0990. The van der Waals surface area contributed by atoms with Crippen molar-refractivity contribution in [3.63, 3.8) is 0 Å². The fraction of sp³-hybridized carbons (Fsp3) is 0.857. The van der Waals surface area contributed by atoms with E-state index in [0.29, 0.717) is 37.1 Å². The predicted octanol–water partition coefficient (Wildman–Crippen LogP) is 2.46. The lowest BCUT2D eigenvalue weighted by atomic mass is 9.81. The summed E-state index contributed by atoms with van der Waals surface area (Å²) in [6.45, 7) is 1.75. The highest BCUT2D eigenvalue weighted by Crippen LogP contribution is 2.32. The van der Waals surface area contributed by atoms with Gasteiger partial charge in [-0.15, -0.1) is 0 Å². The summed E-state index contributed by atoms with van der Waals surface area (Å²) in [5.41, 5.74) is 0. The van der Waals surface area contributed by atoms with Crippen LogP contribution < -0.4 is 0 Å². The predicted molar refractivity (Wildman–Crippen MR) is 43.5 cm³/mol. The van der Waals surface area contributed by atoms with Gasteiger partial charge < -0.3 is 0 Å². The van der Waals surface area contributed by atoms with E-state index in [2.05, 4.69) is 0 Å². The van der Waals surface area contributed by atoms with Gasteiger partial charge in [-0.05, 0) is 24.3 Å². The molecule has 1 atom stereocenters. The number of hydrogen-bond acceptors (Lipinski definition) is 3. The van der Waals surface area contributed by atoms with E-state index in [9.17, 15) is 13.8 Å². The molecule has 1 saturated carbocycles. The fourth-order valence-electron chi connectivity index (χ4n) is 1.40. The number of nitrogens with zero attached hydrogens (tertiary/aromatic N) is 1. The number of carbonyl (C=O) groups excluding carboxylic acids is 1. The molecule has 0 N–H and O–H groups in total. The molecule has 2 nitrogen and oxygen atoms in total. The van der Waals surface area contributed by atoms with Crippen molar-refractivity contribution in [2.75, 3.05) is 0 Å². The summed E-state index contributed by atoms with van der Waals surface area (Å²) in [6, 6.07) is 0. The molecule has 1 rings (SSSR count). The first-order valence-corrected chi connectivity index (χ1v) is 4.71. The van der Waals surface area contributed by atoms with E-state index >= 15 is 0 Å². The zero-order chi connectivity index (χ0) is 9.14. The van der Waals surface area contributed by atoms with Gasteiger partial charge in [0.05, 0.1) is 4.75 Å². The summed E-state index contributed by atoms with van der Waals surface area (Å²) in [7, 11) is 0. The standard InChI is InChI=1S/C7H11F2NOS/c1-5(12-10(8)9)2-6-3-7(11)4-6/h5-6H,2-4H2,1H3. The number of rotatable bonds is 4. The van der Waals surface area contributed by atoms with E-state index in [1.54, 1.807) is 6.92 Å². The molecule has 0 bridgehead atoms. The van der Waals surface area contributed by atoms with Crippen molar-refractivity contribution in [2.24, 2.45) is 5.92 Å². The molecule has 0 amide bonds. The third-order valence-corrected chi connectivity index (χ3v) is 2.67. The Labute approximate surface area is 74.3 Å². The molecule has 0 aliphatic heterocycles. The molecule has 0 saturated heterocycles. The Morgan fingerprint density at radius 3 is 2.67 bits per heavy atom. The molecule has 1 aliphatic carbocycles. The maximum Gasteiger partial charge on any atom is 0.133 e. The topological polar surface area (TPSA) is 20.3 Å². The molecule has 0 radical (unpaired) electrons. The van der Waals surface area contributed by atoms with Crippen molar-refractivity contribution >= 4 is 17.7 Å². The first-order chi connectivity index (χ1) is 5.58. The van der Waals surface area contributed by atoms with Crippen LogP contribution in [0, 0.1) is 5.92 Å². The van der Waals surface area contributed by atoms with Gasteiger partial charge in [0, 0.05) is 18.1 Å². The van der Waals surface area contributed by atoms with Gasteiger partial charge in [0.1, 0.15) is 5.78 Å². The van der Waals surface area contributed by atoms with E-state index in [0.717, 1.165) is 0 Å². The Kier molecular flexibility index (Phi) is 3.46. The van der Waals surface area contributed by atoms with Crippen LogP contribution >= 0.6 is 11.9 Å². The molecule has 0 aromatic rings. The highest BCUT2D eigenvalue weighted by molar-refractivity contribution is 7.97. The van der Waals surface area contributed by atoms with Gasteiger partial charge in [0.2, 0.25) is 0 Å². The maximum atomic E-state index is 11.7. The number of halogens is 2. The van der Waals surface area contributed by atoms with Crippen molar-refractivity contribution in [1.82, 2.24) is 4.75 Å². The molecule has 1 unspecified atom stereocenters. The van der Waals surface area contributed by atoms with E-state index in [1.165, 1.54) is 0 Å². The lowest BCUT2D eigenvalue weighted by Gasteiger charge is -2.26. The Hall–Kier alpha value is -0.160. The SMILES string of the molecule is CC(CC1CC(=O)C1)SN(F)F. The minimum atomic E-state index is -0.870. The molecule has 5 heteroatoms. The summed E-state index contributed by atoms with van der Waals surface area (Å²) < 4.78 is 22.5. The van der Waals surface area contributed by atoms with Crippen molar-refractivity contribution in [2.45, 2.75) is 31.4 Å². The van der Waals surface area contributed by atoms with Crippen LogP contribution in [0.1, 0.15) is 26.2 Å². The Morgan fingerprint density at radius 1 is 1.67 bits per heavy atom. The highest BCUT2D eigenvalue weighted by Gasteiger charge is 2.28. The average molecular weight is 195 g/mol. The zero-order valence-corrected chi connectivity index (χ0v) is 7.61. The molecule has 0 heterocycles. The van der Waals surface area contributed by atoms with Gasteiger partial charge >= 0.3 is 0 Å². The monoisotopic (exact) mass is 195 g/mol. The third-order valence-electron chi connectivity index (χ3n) is 1.96. The van der Waals surface area contributed by atoms with Crippen LogP contribution in [-0.4, -0.2) is 15.8 Å². The van der Waals surface area contributed by atoms with E-state index < -0.39 is 4.75 Å². The van der Waals surface area contributed by atoms with Crippen molar-refractivity contribution in [1.29, 1.82) is 0 Å². The molecular formula is C7H11F2NOS. The maximum absolute atomic E-state index is 11.7. The average Bonchev–Trinajstić information content (AvgIpc) is 1.82. The molecule has 0 spiro atoms. The largest absolute Gasteiger partial charge is 0.300 e. The van der Waals surface area contributed by atoms with Crippen molar-refractivity contribution in [3.8, 4) is 0 Å². The molecule has 70 valence electrons. The van der Waals surface area contributed by atoms with Crippen molar-refractivity contribution in [3.05, 3.63) is 0 Å². The van der Waals surface area contributed by atoms with Crippen LogP contribution in [-0.2, 0) is 4.79 Å². The number of Topliss-reactive ketones (excluding diaryl/α,β-unsaturated/α-hetero) is 1. The molecule has 12 heavy (non-hydrogen) atoms. The normalized spacial score (nSPS) is 21.2. The minimum Gasteiger partial charge on any atom is -0.300 e. The van der Waals surface area contributed by atoms with Crippen LogP contribution in [0.2, 0.25) is 0 Å². The number of ketones is 1. The van der Waals surface area contributed by atoms with Crippen LogP contribution in [0.3, 0.4) is 0 Å². The Balaban J connectivity index is 2.10. The second kappa shape index (κ2) is 4.18. The summed E-state index contributed by atoms with van der Waals surface area (Å²) in [5.74, 6) is 0.606. The fourth-order valence-corrected chi connectivity index (χ4v) is 2.03. The van der Waals surface area contributed by atoms with Crippen LogP contribution in [0.4, 0.5) is 8.96 Å². The molecule has 1 aliphatic rings. The lowest BCUT2D eigenvalue weighted by molar-refractivity contribution is -0.126. The second-order valence-corrected chi connectivity index (χ2v) is 4.46. The van der Waals surface area contributed by atoms with Gasteiger partial charge in [-0.2, -0.15) is 0 Å². The molecule has 0 aromatic carbocycles. The van der Waals surface area contributed by atoms with E-state index in [4.69, 9.17) is 0 Å². The lowest BCUT2D eigenvalue weighted by Crippen LogP contribution is -2.25. The second-order valence-electron chi connectivity index (χ2n) is 3.17. The summed E-state index contributed by atoms with van der Waals surface area (Å²) >= 11 is 0.522. The third kappa shape index (κ3) is 3.06. The van der Waals surface area contributed by atoms with Crippen LogP contribution in [0.15, 0.2) is 0 Å². The van der Waals surface area contributed by atoms with Gasteiger partial charge in [-0.1, -0.05) is 15.9 Å². The molecular weight excluding hydrogens is 184 g/mol. The number of hydrogen-bond donors (Lipinski definition) is 0.